The molecule has 0 aromatic carbocycles. The molecule has 0 bridgehead atoms. The van der Waals surface area contributed by atoms with Gasteiger partial charge in [0.15, 0.2) is 0 Å². The predicted molar refractivity (Wildman–Crippen MR) is 41.6 cm³/mol. The van der Waals surface area contributed by atoms with Crippen molar-refractivity contribution in [2.45, 2.75) is 13.3 Å². The van der Waals surface area contributed by atoms with Gasteiger partial charge in [-0.2, -0.15) is 0 Å². The van der Waals surface area contributed by atoms with Gasteiger partial charge in [-0.15, -0.1) is 0 Å². The molecule has 1 aromatic heterocycles. The molecular weight excluding hydrogens is 216 g/mol. The minimum absolute atomic E-state index is 0.0364. The molecule has 0 saturated carbocycles. The van der Waals surface area contributed by atoms with Crippen molar-refractivity contribution in [3.8, 4) is 0 Å². The fourth-order valence-corrected chi connectivity index (χ4v) is 0.916. The molecule has 0 spiro atoms. The molecule has 0 atom stereocenters. The monoisotopic (exact) mass is 221 g/mol. The molecule has 4 heteroatoms. The molecule has 0 fully saturated rings. The highest BCUT2D eigenvalue weighted by Crippen LogP contribution is 2.21. The van der Waals surface area contributed by atoms with E-state index in [1.54, 1.807) is 6.92 Å². The molecular formula is C7H6BrF2N. The average molecular weight is 222 g/mol. The maximum absolute atomic E-state index is 12.0. The van der Waals surface area contributed by atoms with E-state index in [1.165, 1.54) is 12.3 Å². The minimum Gasteiger partial charge on any atom is -0.249 e. The number of halogens is 3. The van der Waals surface area contributed by atoms with Crippen LogP contribution in [0.4, 0.5) is 8.78 Å². The Kier molecular flexibility index (Phi) is 2.54. The first-order valence-electron chi connectivity index (χ1n) is 3.01. The van der Waals surface area contributed by atoms with Crippen molar-refractivity contribution in [1.82, 2.24) is 4.98 Å². The fraction of sp³-hybridized carbons (Fsp3) is 0.286. The SMILES string of the molecule is Cc1cc(C(F)F)cnc1Br. The van der Waals surface area contributed by atoms with Crippen LogP contribution in [0.25, 0.3) is 0 Å². The second kappa shape index (κ2) is 3.26. The van der Waals surface area contributed by atoms with E-state index in [-0.39, 0.29) is 5.56 Å². The molecule has 1 aromatic rings. The fourth-order valence-electron chi connectivity index (χ4n) is 0.699. The molecule has 0 amide bonds. The Balaban J connectivity index is 3.05. The Morgan fingerprint density at radius 1 is 1.55 bits per heavy atom. The zero-order valence-corrected chi connectivity index (χ0v) is 7.40. The van der Waals surface area contributed by atoms with Gasteiger partial charge in [-0.1, -0.05) is 0 Å². The van der Waals surface area contributed by atoms with Crippen LogP contribution in [0.1, 0.15) is 17.6 Å². The van der Waals surface area contributed by atoms with Crippen LogP contribution in [-0.2, 0) is 0 Å². The van der Waals surface area contributed by atoms with Gasteiger partial charge < -0.3 is 0 Å². The van der Waals surface area contributed by atoms with E-state index in [9.17, 15) is 8.78 Å². The van der Waals surface area contributed by atoms with Gasteiger partial charge in [0.25, 0.3) is 6.43 Å². The van der Waals surface area contributed by atoms with Crippen LogP contribution >= 0.6 is 15.9 Å². The first kappa shape index (κ1) is 8.59. The van der Waals surface area contributed by atoms with Crippen molar-refractivity contribution in [3.63, 3.8) is 0 Å². The number of rotatable bonds is 1. The molecule has 60 valence electrons. The van der Waals surface area contributed by atoms with Crippen molar-refractivity contribution in [3.05, 3.63) is 28.0 Å². The standard InChI is InChI=1S/C7H6BrF2N/c1-4-2-5(7(9)10)3-11-6(4)8/h2-3,7H,1H3. The summed E-state index contributed by atoms with van der Waals surface area (Å²) in [6.45, 7) is 1.73. The number of hydrogen-bond donors (Lipinski definition) is 0. The first-order chi connectivity index (χ1) is 5.11. The number of pyridine rings is 1. The second-order valence-electron chi connectivity index (χ2n) is 2.18. The first-order valence-corrected chi connectivity index (χ1v) is 3.80. The highest BCUT2D eigenvalue weighted by atomic mass is 79.9. The number of alkyl halides is 2. The normalized spacial score (nSPS) is 10.6. The summed E-state index contributed by atoms with van der Waals surface area (Å²) >= 11 is 3.12. The summed E-state index contributed by atoms with van der Waals surface area (Å²) in [7, 11) is 0. The van der Waals surface area contributed by atoms with Gasteiger partial charge in [0.2, 0.25) is 0 Å². The van der Waals surface area contributed by atoms with Crippen LogP contribution in [0.5, 0.6) is 0 Å². The number of hydrogen-bond acceptors (Lipinski definition) is 1. The van der Waals surface area contributed by atoms with E-state index in [2.05, 4.69) is 20.9 Å². The van der Waals surface area contributed by atoms with Crippen LogP contribution in [0, 0.1) is 6.92 Å². The highest BCUT2D eigenvalue weighted by Gasteiger charge is 2.07. The van der Waals surface area contributed by atoms with Crippen LogP contribution in [0.15, 0.2) is 16.9 Å². The summed E-state index contributed by atoms with van der Waals surface area (Å²) in [4.78, 5) is 3.74. The van der Waals surface area contributed by atoms with E-state index in [0.29, 0.717) is 4.60 Å². The number of aryl methyl sites for hydroxylation is 1. The van der Waals surface area contributed by atoms with Crippen LogP contribution in [-0.4, -0.2) is 4.98 Å². The molecule has 1 nitrogen and oxygen atoms in total. The second-order valence-corrected chi connectivity index (χ2v) is 2.93. The summed E-state index contributed by atoms with van der Waals surface area (Å²) in [5.41, 5.74) is 0.688. The zero-order valence-electron chi connectivity index (χ0n) is 5.81. The highest BCUT2D eigenvalue weighted by molar-refractivity contribution is 9.10. The molecule has 0 saturated heterocycles. The lowest BCUT2D eigenvalue weighted by Gasteiger charge is -2.00. The molecule has 0 unspecified atom stereocenters. The average Bonchev–Trinajstić information content (AvgIpc) is 1.94. The third-order valence-corrected chi connectivity index (χ3v) is 2.12. The quantitative estimate of drug-likeness (QED) is 0.665. The molecule has 1 rings (SSSR count). The van der Waals surface area contributed by atoms with E-state index < -0.39 is 6.43 Å². The van der Waals surface area contributed by atoms with Crippen molar-refractivity contribution < 1.29 is 8.78 Å². The summed E-state index contributed by atoms with van der Waals surface area (Å²) in [5, 5.41) is 0. The van der Waals surface area contributed by atoms with Gasteiger partial charge in [0, 0.05) is 11.8 Å². The van der Waals surface area contributed by atoms with Crippen molar-refractivity contribution >= 4 is 15.9 Å². The van der Waals surface area contributed by atoms with Gasteiger partial charge in [0.05, 0.1) is 0 Å². The van der Waals surface area contributed by atoms with Gasteiger partial charge in [-0.3, -0.25) is 0 Å². The van der Waals surface area contributed by atoms with Crippen LogP contribution < -0.4 is 0 Å². The maximum Gasteiger partial charge on any atom is 0.265 e. The summed E-state index contributed by atoms with van der Waals surface area (Å²) in [6, 6.07) is 1.42. The molecule has 0 aliphatic rings. The largest absolute Gasteiger partial charge is 0.265 e. The Hall–Kier alpha value is -0.510. The Labute approximate surface area is 71.6 Å². The third-order valence-electron chi connectivity index (χ3n) is 1.29. The molecule has 1 heterocycles. The summed E-state index contributed by atoms with van der Waals surface area (Å²) in [6.07, 6.45) is -1.27. The minimum atomic E-state index is -2.44. The maximum atomic E-state index is 12.0. The van der Waals surface area contributed by atoms with Crippen LogP contribution in [0.2, 0.25) is 0 Å². The van der Waals surface area contributed by atoms with Gasteiger partial charge >= 0.3 is 0 Å². The van der Waals surface area contributed by atoms with Gasteiger partial charge in [-0.25, -0.2) is 13.8 Å². The van der Waals surface area contributed by atoms with Crippen molar-refractivity contribution in [2.75, 3.05) is 0 Å². The lowest BCUT2D eigenvalue weighted by atomic mass is 10.2. The molecule has 11 heavy (non-hydrogen) atoms. The van der Waals surface area contributed by atoms with Crippen LogP contribution in [0.3, 0.4) is 0 Å². The van der Waals surface area contributed by atoms with Crippen molar-refractivity contribution in [2.24, 2.45) is 0 Å². The Bertz CT molecular complexity index is 263. The van der Waals surface area contributed by atoms with Crippen molar-refractivity contribution in [1.29, 1.82) is 0 Å². The van der Waals surface area contributed by atoms with E-state index >= 15 is 0 Å². The lowest BCUT2D eigenvalue weighted by Crippen LogP contribution is -1.88. The van der Waals surface area contributed by atoms with Gasteiger partial charge in [0.1, 0.15) is 4.60 Å². The number of aromatic nitrogens is 1. The lowest BCUT2D eigenvalue weighted by molar-refractivity contribution is 0.151. The number of nitrogens with zero attached hydrogens (tertiary/aromatic N) is 1. The summed E-state index contributed by atoms with van der Waals surface area (Å²) in [5.74, 6) is 0. The Morgan fingerprint density at radius 2 is 2.18 bits per heavy atom. The van der Waals surface area contributed by atoms with E-state index in [0.717, 1.165) is 5.56 Å². The smallest absolute Gasteiger partial charge is 0.249 e. The summed E-state index contributed by atoms with van der Waals surface area (Å²) < 4.78 is 24.7. The molecule has 0 aliphatic carbocycles. The molecule has 0 radical (unpaired) electrons. The Morgan fingerprint density at radius 3 is 2.64 bits per heavy atom. The zero-order chi connectivity index (χ0) is 8.43. The predicted octanol–water partition coefficient (Wildman–Crippen LogP) is 3.09. The van der Waals surface area contributed by atoms with Gasteiger partial charge in [-0.05, 0) is 34.5 Å². The third kappa shape index (κ3) is 1.96. The van der Waals surface area contributed by atoms with E-state index in [4.69, 9.17) is 0 Å². The molecule has 0 N–H and O–H groups in total. The van der Waals surface area contributed by atoms with E-state index in [1.807, 2.05) is 0 Å². The molecule has 0 aliphatic heterocycles. The topological polar surface area (TPSA) is 12.9 Å².